The molecule has 0 aliphatic carbocycles. The number of nitrogens with one attached hydrogen (secondary N) is 1. The van der Waals surface area contributed by atoms with E-state index in [4.69, 9.17) is 11.6 Å². The molecule has 1 amide bonds. The number of halogens is 2. The first-order valence-electron chi connectivity index (χ1n) is 7.86. The van der Waals surface area contributed by atoms with E-state index in [2.05, 4.69) is 10.2 Å². The van der Waals surface area contributed by atoms with Crippen LogP contribution in [0.3, 0.4) is 0 Å². The molecule has 1 aliphatic rings. The topological polar surface area (TPSA) is 49.0 Å². The Morgan fingerprint density at radius 1 is 1.39 bits per heavy atom. The zero-order valence-electron chi connectivity index (χ0n) is 12.8. The highest BCUT2D eigenvalue weighted by Crippen LogP contribution is 2.24. The van der Waals surface area contributed by atoms with Crippen molar-refractivity contribution >= 4 is 17.5 Å². The number of hydrogen-bond donors (Lipinski definition) is 1. The van der Waals surface area contributed by atoms with E-state index in [0.717, 1.165) is 44.3 Å². The molecule has 1 aromatic heterocycles. The number of piperidine rings is 1. The Morgan fingerprint density at radius 2 is 2.17 bits per heavy atom. The van der Waals surface area contributed by atoms with Crippen molar-refractivity contribution in [3.63, 3.8) is 0 Å². The lowest BCUT2D eigenvalue weighted by Crippen LogP contribution is -2.40. The summed E-state index contributed by atoms with van der Waals surface area (Å²) in [6, 6.07) is 6.63. The fourth-order valence-corrected chi connectivity index (χ4v) is 3.26. The van der Waals surface area contributed by atoms with Crippen LogP contribution in [0, 0.1) is 11.7 Å². The molecule has 2 heterocycles. The van der Waals surface area contributed by atoms with Crippen molar-refractivity contribution in [3.8, 4) is 0 Å². The van der Waals surface area contributed by atoms with Crippen molar-refractivity contribution in [3.05, 3.63) is 52.6 Å². The van der Waals surface area contributed by atoms with Gasteiger partial charge in [0.15, 0.2) is 0 Å². The number of amides is 1. The van der Waals surface area contributed by atoms with Crippen LogP contribution < -0.4 is 0 Å². The van der Waals surface area contributed by atoms with E-state index >= 15 is 0 Å². The van der Waals surface area contributed by atoms with Crippen LogP contribution in [0.2, 0.25) is 5.02 Å². The molecule has 1 unspecified atom stereocenters. The molecule has 0 spiro atoms. The lowest BCUT2D eigenvalue weighted by Gasteiger charge is -2.32. The first kappa shape index (κ1) is 16.0. The molecule has 0 bridgehead atoms. The number of carbonyl (C=O) groups is 1. The van der Waals surface area contributed by atoms with E-state index in [0.29, 0.717) is 16.6 Å². The zero-order valence-corrected chi connectivity index (χ0v) is 13.5. The molecule has 6 heteroatoms. The van der Waals surface area contributed by atoms with Crippen LogP contribution in [0.25, 0.3) is 0 Å². The summed E-state index contributed by atoms with van der Waals surface area (Å²) in [6.07, 6.45) is 5.45. The number of benzene rings is 1. The van der Waals surface area contributed by atoms with Crippen molar-refractivity contribution in [2.75, 3.05) is 13.1 Å². The van der Waals surface area contributed by atoms with Crippen molar-refractivity contribution in [1.82, 2.24) is 15.1 Å². The van der Waals surface area contributed by atoms with Gasteiger partial charge in [-0.2, -0.15) is 5.10 Å². The predicted octanol–water partition coefficient (Wildman–Crippen LogP) is 3.69. The number of rotatable bonds is 4. The molecule has 1 N–H and O–H groups in total. The van der Waals surface area contributed by atoms with Crippen LogP contribution in [0.15, 0.2) is 30.5 Å². The summed E-state index contributed by atoms with van der Waals surface area (Å²) in [5, 5.41) is 6.84. The van der Waals surface area contributed by atoms with Gasteiger partial charge in [0.1, 0.15) is 11.5 Å². The minimum Gasteiger partial charge on any atom is -0.337 e. The van der Waals surface area contributed by atoms with Gasteiger partial charge in [-0.1, -0.05) is 23.7 Å². The second-order valence-electron chi connectivity index (χ2n) is 6.02. The molecular weight excluding hydrogens is 317 g/mol. The minimum absolute atomic E-state index is 0.0843. The van der Waals surface area contributed by atoms with Gasteiger partial charge < -0.3 is 4.90 Å². The van der Waals surface area contributed by atoms with Crippen LogP contribution in [0.4, 0.5) is 4.39 Å². The van der Waals surface area contributed by atoms with E-state index in [1.54, 1.807) is 0 Å². The summed E-state index contributed by atoms with van der Waals surface area (Å²) in [7, 11) is 0. The summed E-state index contributed by atoms with van der Waals surface area (Å²) in [5.74, 6) is 0.165. The maximum atomic E-state index is 12.9. The number of aromatic amines is 1. The van der Waals surface area contributed by atoms with E-state index in [-0.39, 0.29) is 11.7 Å². The van der Waals surface area contributed by atoms with Gasteiger partial charge in [0.25, 0.3) is 5.91 Å². The summed E-state index contributed by atoms with van der Waals surface area (Å²) in [6.45, 7) is 1.48. The number of H-pyrrole nitrogens is 1. The Morgan fingerprint density at radius 3 is 2.87 bits per heavy atom. The summed E-state index contributed by atoms with van der Waals surface area (Å²) < 4.78 is 12.9. The van der Waals surface area contributed by atoms with Gasteiger partial charge in [-0.25, -0.2) is 4.39 Å². The standard InChI is InChI=1S/C17H19ClFN3O/c18-15-10-20-21-16(15)17(23)22-9-1-2-13(11-22)4-3-12-5-7-14(19)8-6-12/h5-8,10,13H,1-4,9,11H2,(H,20,21). The first-order chi connectivity index (χ1) is 11.1. The number of aromatic nitrogens is 2. The third-order valence-electron chi connectivity index (χ3n) is 4.37. The Hall–Kier alpha value is -1.88. The molecule has 1 fully saturated rings. The molecule has 0 radical (unpaired) electrons. The third-order valence-corrected chi connectivity index (χ3v) is 4.65. The number of nitrogens with zero attached hydrogens (tertiary/aromatic N) is 2. The minimum atomic E-state index is -0.209. The van der Waals surface area contributed by atoms with Crippen molar-refractivity contribution < 1.29 is 9.18 Å². The van der Waals surface area contributed by atoms with Gasteiger partial charge in [0, 0.05) is 13.1 Å². The third kappa shape index (κ3) is 3.91. The highest BCUT2D eigenvalue weighted by Gasteiger charge is 2.26. The second kappa shape index (κ2) is 7.13. The zero-order chi connectivity index (χ0) is 16.2. The highest BCUT2D eigenvalue weighted by molar-refractivity contribution is 6.33. The maximum absolute atomic E-state index is 12.9. The van der Waals surface area contributed by atoms with Gasteiger partial charge in [0.2, 0.25) is 0 Å². The van der Waals surface area contributed by atoms with Crippen LogP contribution >= 0.6 is 11.6 Å². The predicted molar refractivity (Wildman–Crippen MR) is 86.9 cm³/mol. The molecule has 1 aliphatic heterocycles. The van der Waals surface area contributed by atoms with Gasteiger partial charge in [-0.15, -0.1) is 0 Å². The van der Waals surface area contributed by atoms with Crippen LogP contribution in [0.1, 0.15) is 35.3 Å². The van der Waals surface area contributed by atoms with Gasteiger partial charge in [0.05, 0.1) is 11.2 Å². The highest BCUT2D eigenvalue weighted by atomic mass is 35.5. The Kier molecular flexibility index (Phi) is 4.96. The lowest BCUT2D eigenvalue weighted by molar-refractivity contribution is 0.0662. The first-order valence-corrected chi connectivity index (χ1v) is 8.24. The molecule has 2 aromatic rings. The van der Waals surface area contributed by atoms with E-state index in [1.807, 2.05) is 17.0 Å². The molecular formula is C17H19ClFN3O. The fraction of sp³-hybridized carbons (Fsp3) is 0.412. The Balaban J connectivity index is 1.57. The smallest absolute Gasteiger partial charge is 0.273 e. The van der Waals surface area contributed by atoms with Gasteiger partial charge in [-0.3, -0.25) is 9.89 Å². The molecule has 3 rings (SSSR count). The molecule has 1 atom stereocenters. The molecule has 4 nitrogen and oxygen atoms in total. The van der Waals surface area contributed by atoms with E-state index in [9.17, 15) is 9.18 Å². The average molecular weight is 336 g/mol. The number of carbonyl (C=O) groups excluding carboxylic acids is 1. The quantitative estimate of drug-likeness (QED) is 0.926. The Bertz CT molecular complexity index is 671. The monoisotopic (exact) mass is 335 g/mol. The molecule has 0 saturated carbocycles. The lowest BCUT2D eigenvalue weighted by atomic mass is 9.91. The fourth-order valence-electron chi connectivity index (χ4n) is 3.09. The van der Waals surface area contributed by atoms with Crippen LogP contribution in [-0.4, -0.2) is 34.1 Å². The number of aryl methyl sites for hydroxylation is 1. The summed E-state index contributed by atoms with van der Waals surface area (Å²) in [4.78, 5) is 14.3. The van der Waals surface area contributed by atoms with Gasteiger partial charge in [-0.05, 0) is 49.3 Å². The van der Waals surface area contributed by atoms with Crippen LogP contribution in [-0.2, 0) is 6.42 Å². The van der Waals surface area contributed by atoms with E-state index in [1.165, 1.54) is 18.3 Å². The SMILES string of the molecule is O=C(c1[nH]ncc1Cl)N1CCCC(CCc2ccc(F)cc2)C1. The van der Waals surface area contributed by atoms with Gasteiger partial charge >= 0.3 is 0 Å². The molecule has 23 heavy (non-hydrogen) atoms. The second-order valence-corrected chi connectivity index (χ2v) is 6.42. The number of hydrogen-bond acceptors (Lipinski definition) is 2. The van der Waals surface area contributed by atoms with Crippen molar-refractivity contribution in [1.29, 1.82) is 0 Å². The maximum Gasteiger partial charge on any atom is 0.273 e. The Labute approximate surface area is 139 Å². The summed E-state index contributed by atoms with van der Waals surface area (Å²) >= 11 is 5.97. The van der Waals surface area contributed by atoms with Crippen LogP contribution in [0.5, 0.6) is 0 Å². The van der Waals surface area contributed by atoms with Crippen molar-refractivity contribution in [2.24, 2.45) is 5.92 Å². The van der Waals surface area contributed by atoms with Crippen molar-refractivity contribution in [2.45, 2.75) is 25.7 Å². The normalized spacial score (nSPS) is 18.2. The molecule has 122 valence electrons. The number of likely N-dealkylation sites (tertiary alicyclic amines) is 1. The summed E-state index contributed by atoms with van der Waals surface area (Å²) in [5.41, 5.74) is 1.50. The van der Waals surface area contributed by atoms with E-state index < -0.39 is 0 Å². The molecule has 1 aromatic carbocycles. The molecule has 1 saturated heterocycles. The average Bonchev–Trinajstić information content (AvgIpc) is 3.00. The largest absolute Gasteiger partial charge is 0.337 e.